The molecule has 3 rings (SSSR count). The fraction of sp³-hybridized carbons (Fsp3) is 0.133. The lowest BCUT2D eigenvalue weighted by Gasteiger charge is -2.01. The number of benzene rings is 1. The molecule has 0 saturated carbocycles. The van der Waals surface area contributed by atoms with Crippen LogP contribution >= 0.6 is 0 Å². The number of fused-ring (bicyclic) bond motifs is 1. The third-order valence-corrected chi connectivity index (χ3v) is 3.46. The molecule has 4 nitrogen and oxygen atoms in total. The molecule has 1 aromatic heterocycles. The van der Waals surface area contributed by atoms with Crippen LogP contribution in [-0.4, -0.2) is 22.5 Å². The van der Waals surface area contributed by atoms with Gasteiger partial charge >= 0.3 is 7.12 Å². The number of rotatable bonds is 3. The first kappa shape index (κ1) is 12.9. The molecule has 0 bridgehead atoms. The number of aromatic nitrogens is 1. The van der Waals surface area contributed by atoms with Crippen molar-refractivity contribution < 1.29 is 14.5 Å². The lowest BCUT2D eigenvalue weighted by Crippen LogP contribution is -2.28. The highest BCUT2D eigenvalue weighted by atomic mass is 16.5. The van der Waals surface area contributed by atoms with Crippen LogP contribution in [0.4, 0.5) is 0 Å². The van der Waals surface area contributed by atoms with Crippen molar-refractivity contribution in [3.8, 4) is 0 Å². The molecule has 1 N–H and O–H groups in total. The highest BCUT2D eigenvalue weighted by molar-refractivity contribution is 6.61. The van der Waals surface area contributed by atoms with Crippen molar-refractivity contribution in [2.45, 2.75) is 6.61 Å². The number of allylic oxidation sites excluding steroid dienone is 1. The van der Waals surface area contributed by atoms with Gasteiger partial charge in [-0.3, -0.25) is 4.79 Å². The third-order valence-electron chi connectivity index (χ3n) is 3.46. The summed E-state index contributed by atoms with van der Waals surface area (Å²) in [7, 11) is 0.978. The summed E-state index contributed by atoms with van der Waals surface area (Å²) in [5.74, 6) is -0.0465. The molecule has 2 heterocycles. The topological polar surface area (TPSA) is 51.5 Å². The number of ketones is 1. The van der Waals surface area contributed by atoms with E-state index in [-0.39, 0.29) is 5.78 Å². The average Bonchev–Trinajstić information content (AvgIpc) is 3.03. The van der Waals surface area contributed by atoms with Crippen LogP contribution < -0.4 is 5.46 Å². The molecule has 0 unspecified atom stereocenters. The summed E-state index contributed by atoms with van der Waals surface area (Å²) >= 11 is 0. The lowest BCUT2D eigenvalue weighted by molar-refractivity contribution is 0.104. The fourth-order valence-corrected chi connectivity index (χ4v) is 2.31. The van der Waals surface area contributed by atoms with E-state index in [0.717, 1.165) is 16.6 Å². The molecule has 0 fully saturated rings. The Morgan fingerprint density at radius 3 is 3.05 bits per heavy atom. The Morgan fingerprint density at radius 2 is 2.30 bits per heavy atom. The fourth-order valence-electron chi connectivity index (χ4n) is 2.31. The normalized spacial score (nSPS) is 14.0. The molecule has 100 valence electrons. The lowest BCUT2D eigenvalue weighted by atomic mass is 9.79. The minimum Gasteiger partial charge on any atom is -0.423 e. The molecule has 0 radical (unpaired) electrons. The Balaban J connectivity index is 1.82. The summed E-state index contributed by atoms with van der Waals surface area (Å²) in [4.78, 5) is 12.0. The molecule has 0 amide bonds. The van der Waals surface area contributed by atoms with Gasteiger partial charge in [-0.25, -0.2) is 0 Å². The van der Waals surface area contributed by atoms with Gasteiger partial charge in [-0.1, -0.05) is 24.3 Å². The number of nitrogens with zero attached hydrogens (tertiary/aromatic N) is 1. The zero-order chi connectivity index (χ0) is 14.1. The van der Waals surface area contributed by atoms with Crippen LogP contribution in [0.25, 0.3) is 6.08 Å². The quantitative estimate of drug-likeness (QED) is 0.515. The van der Waals surface area contributed by atoms with E-state index in [2.05, 4.69) is 0 Å². The van der Waals surface area contributed by atoms with Crippen molar-refractivity contribution in [1.82, 2.24) is 4.57 Å². The second kappa shape index (κ2) is 5.11. The Kier molecular flexibility index (Phi) is 3.30. The van der Waals surface area contributed by atoms with Gasteiger partial charge in [0, 0.05) is 13.2 Å². The number of carbonyl (C=O) groups is 1. The van der Waals surface area contributed by atoms with E-state index in [4.69, 9.17) is 4.65 Å². The van der Waals surface area contributed by atoms with E-state index in [1.54, 1.807) is 22.8 Å². The average molecular weight is 267 g/mol. The molecule has 1 aliphatic heterocycles. The number of hydrogen-bond donors (Lipinski definition) is 1. The van der Waals surface area contributed by atoms with Gasteiger partial charge in [0.1, 0.15) is 0 Å². The van der Waals surface area contributed by atoms with Gasteiger partial charge < -0.3 is 14.2 Å². The standard InChI is InChI=1S/C15H14BNO3/c1-17-8-2-3-14(17)15(18)7-5-11-4-6-12-10-20-16(19)13(12)9-11/h2-9,19H,10H2,1H3/b7-5+. The number of carbonyl (C=O) groups excluding carboxylic acids is 1. The Hall–Kier alpha value is -2.11. The smallest absolute Gasteiger partial charge is 0.423 e. The molecule has 20 heavy (non-hydrogen) atoms. The zero-order valence-electron chi connectivity index (χ0n) is 11.1. The van der Waals surface area contributed by atoms with E-state index in [0.29, 0.717) is 12.3 Å². The zero-order valence-corrected chi connectivity index (χ0v) is 11.1. The van der Waals surface area contributed by atoms with Gasteiger partial charge in [-0.2, -0.15) is 0 Å². The highest BCUT2D eigenvalue weighted by Crippen LogP contribution is 2.13. The van der Waals surface area contributed by atoms with Crippen LogP contribution in [0.3, 0.4) is 0 Å². The number of hydrogen-bond acceptors (Lipinski definition) is 3. The van der Waals surface area contributed by atoms with Crippen molar-refractivity contribution in [1.29, 1.82) is 0 Å². The van der Waals surface area contributed by atoms with Crippen LogP contribution in [0.1, 0.15) is 21.6 Å². The van der Waals surface area contributed by atoms with Crippen molar-refractivity contribution in [2.75, 3.05) is 0 Å². The van der Waals surface area contributed by atoms with Gasteiger partial charge in [0.25, 0.3) is 0 Å². The van der Waals surface area contributed by atoms with Gasteiger partial charge in [-0.05, 0) is 34.8 Å². The first-order valence-electron chi connectivity index (χ1n) is 6.41. The second-order valence-electron chi connectivity index (χ2n) is 4.82. The largest absolute Gasteiger partial charge is 0.491 e. The van der Waals surface area contributed by atoms with Crippen LogP contribution in [0.5, 0.6) is 0 Å². The first-order chi connectivity index (χ1) is 9.65. The minimum absolute atomic E-state index is 0.0465. The maximum Gasteiger partial charge on any atom is 0.491 e. The summed E-state index contributed by atoms with van der Waals surface area (Å²) in [5.41, 5.74) is 3.28. The van der Waals surface area contributed by atoms with Crippen LogP contribution in [0.2, 0.25) is 0 Å². The SMILES string of the molecule is Cn1cccc1C(=O)/C=C/c1ccc2c(c1)B(O)OC2. The van der Waals surface area contributed by atoms with Gasteiger partial charge in [0.2, 0.25) is 5.78 Å². The summed E-state index contributed by atoms with van der Waals surface area (Å²) in [6.07, 6.45) is 5.13. The first-order valence-corrected chi connectivity index (χ1v) is 6.41. The third kappa shape index (κ3) is 2.33. The van der Waals surface area contributed by atoms with Crippen LogP contribution in [-0.2, 0) is 18.3 Å². The molecule has 5 heteroatoms. The van der Waals surface area contributed by atoms with Gasteiger partial charge in [0.05, 0.1) is 12.3 Å². The molecular formula is C15H14BNO3. The molecule has 0 saturated heterocycles. The molecular weight excluding hydrogens is 253 g/mol. The van der Waals surface area contributed by atoms with E-state index >= 15 is 0 Å². The Morgan fingerprint density at radius 1 is 1.45 bits per heavy atom. The summed E-state index contributed by atoms with van der Waals surface area (Å²) in [5, 5.41) is 9.65. The van der Waals surface area contributed by atoms with Crippen LogP contribution in [0, 0.1) is 0 Å². The van der Waals surface area contributed by atoms with Gasteiger partial charge in [-0.15, -0.1) is 0 Å². The van der Waals surface area contributed by atoms with Gasteiger partial charge in [0.15, 0.2) is 0 Å². The molecule has 0 aliphatic carbocycles. The van der Waals surface area contributed by atoms with E-state index in [1.165, 1.54) is 0 Å². The molecule has 2 aromatic rings. The van der Waals surface area contributed by atoms with Crippen LogP contribution in [0.15, 0.2) is 42.6 Å². The maximum atomic E-state index is 12.0. The van der Waals surface area contributed by atoms with E-state index < -0.39 is 7.12 Å². The number of aryl methyl sites for hydroxylation is 1. The highest BCUT2D eigenvalue weighted by Gasteiger charge is 2.26. The molecule has 1 aliphatic rings. The summed E-state index contributed by atoms with van der Waals surface area (Å²) in [6, 6.07) is 9.30. The van der Waals surface area contributed by atoms with Crippen molar-refractivity contribution in [3.63, 3.8) is 0 Å². The van der Waals surface area contributed by atoms with Crippen molar-refractivity contribution in [3.05, 3.63) is 59.4 Å². The molecule has 1 aromatic carbocycles. The van der Waals surface area contributed by atoms with E-state index in [9.17, 15) is 9.82 Å². The van der Waals surface area contributed by atoms with E-state index in [1.807, 2.05) is 37.5 Å². The predicted octanol–water partition coefficient (Wildman–Crippen LogP) is 1.14. The Bertz CT molecular complexity index is 690. The van der Waals surface area contributed by atoms with Crippen molar-refractivity contribution in [2.24, 2.45) is 7.05 Å². The predicted molar refractivity (Wildman–Crippen MR) is 77.6 cm³/mol. The maximum absolute atomic E-state index is 12.0. The molecule has 0 spiro atoms. The molecule has 0 atom stereocenters. The summed E-state index contributed by atoms with van der Waals surface area (Å²) < 4.78 is 6.92. The second-order valence-corrected chi connectivity index (χ2v) is 4.82. The Labute approximate surface area is 117 Å². The minimum atomic E-state index is -0.859. The summed E-state index contributed by atoms with van der Waals surface area (Å²) in [6.45, 7) is 0.433. The van der Waals surface area contributed by atoms with Crippen molar-refractivity contribution >= 4 is 24.4 Å². The monoisotopic (exact) mass is 267 g/mol.